The minimum Gasteiger partial charge on any atom is -0.496 e. The van der Waals surface area contributed by atoms with Crippen LogP contribution in [0, 0.1) is 5.92 Å². The Morgan fingerprint density at radius 1 is 1.13 bits per heavy atom. The highest BCUT2D eigenvalue weighted by Gasteiger charge is 2.60. The number of amides is 1. The van der Waals surface area contributed by atoms with E-state index >= 15 is 0 Å². The normalized spacial score (nSPS) is 23.0. The fourth-order valence-electron chi connectivity index (χ4n) is 4.44. The molecule has 1 heterocycles. The van der Waals surface area contributed by atoms with Crippen molar-refractivity contribution in [2.45, 2.75) is 57.6 Å². The van der Waals surface area contributed by atoms with E-state index in [2.05, 4.69) is 0 Å². The monoisotopic (exact) mass is 419 g/mol. The van der Waals surface area contributed by atoms with Crippen LogP contribution >= 0.6 is 0 Å². The minimum absolute atomic E-state index is 0.0359. The number of carbonyl (C=O) groups is 3. The average molecular weight is 419 g/mol. The standard InChI is InChI=1S/C22H29NO7/c1-21(2,3)30-20(26)23-12-10-14-7-6-11-22(14,23)19(25)29-15-8-9-16(18(24)28-5)17(13-15)27-4/h8-9,13-14H,6-7,10-12H2,1-5H3. The largest absolute Gasteiger partial charge is 0.496 e. The summed E-state index contributed by atoms with van der Waals surface area (Å²) in [6, 6.07) is 4.47. The van der Waals surface area contributed by atoms with Crippen LogP contribution in [0.5, 0.6) is 11.5 Å². The maximum absolute atomic E-state index is 13.4. The summed E-state index contributed by atoms with van der Waals surface area (Å²) in [5.74, 6) is -0.523. The smallest absolute Gasteiger partial charge is 0.411 e. The lowest BCUT2D eigenvalue weighted by Crippen LogP contribution is -2.57. The quantitative estimate of drug-likeness (QED) is 0.544. The first-order valence-corrected chi connectivity index (χ1v) is 10.1. The van der Waals surface area contributed by atoms with Gasteiger partial charge in [0.15, 0.2) is 0 Å². The average Bonchev–Trinajstić information content (AvgIpc) is 3.25. The molecule has 2 atom stereocenters. The Kier molecular flexibility index (Phi) is 5.97. The van der Waals surface area contributed by atoms with Gasteiger partial charge in [0, 0.05) is 12.6 Å². The van der Waals surface area contributed by atoms with Crippen molar-refractivity contribution >= 4 is 18.0 Å². The van der Waals surface area contributed by atoms with Crippen molar-refractivity contribution < 1.29 is 33.3 Å². The number of methoxy groups -OCH3 is 2. The molecule has 0 spiro atoms. The van der Waals surface area contributed by atoms with Gasteiger partial charge in [-0.1, -0.05) is 6.42 Å². The van der Waals surface area contributed by atoms with E-state index in [1.807, 2.05) is 0 Å². The second-order valence-corrected chi connectivity index (χ2v) is 8.68. The van der Waals surface area contributed by atoms with Gasteiger partial charge in [-0.2, -0.15) is 0 Å². The second-order valence-electron chi connectivity index (χ2n) is 8.68. The summed E-state index contributed by atoms with van der Waals surface area (Å²) < 4.78 is 21.2. The summed E-state index contributed by atoms with van der Waals surface area (Å²) in [5, 5.41) is 0. The number of nitrogens with zero attached hydrogens (tertiary/aromatic N) is 1. The number of carbonyl (C=O) groups excluding carboxylic acids is 3. The predicted molar refractivity (Wildman–Crippen MR) is 108 cm³/mol. The highest BCUT2D eigenvalue weighted by Crippen LogP contribution is 2.48. The first-order valence-electron chi connectivity index (χ1n) is 10.1. The lowest BCUT2D eigenvalue weighted by atomic mass is 9.88. The molecule has 164 valence electrons. The maximum atomic E-state index is 13.4. The first-order chi connectivity index (χ1) is 14.1. The predicted octanol–water partition coefficient (Wildman–Crippen LogP) is 3.57. The van der Waals surface area contributed by atoms with Crippen molar-refractivity contribution in [3.63, 3.8) is 0 Å². The Hall–Kier alpha value is -2.77. The maximum Gasteiger partial charge on any atom is 0.411 e. The molecule has 2 aliphatic rings. The third kappa shape index (κ3) is 3.95. The van der Waals surface area contributed by atoms with Gasteiger partial charge in [-0.15, -0.1) is 0 Å². The van der Waals surface area contributed by atoms with Gasteiger partial charge in [0.25, 0.3) is 0 Å². The van der Waals surface area contributed by atoms with Crippen LogP contribution in [0.1, 0.15) is 56.8 Å². The van der Waals surface area contributed by atoms with Crippen LogP contribution in [0.2, 0.25) is 0 Å². The topological polar surface area (TPSA) is 91.4 Å². The van der Waals surface area contributed by atoms with Crippen LogP contribution in [0.4, 0.5) is 4.79 Å². The third-order valence-electron chi connectivity index (χ3n) is 5.72. The molecule has 8 nitrogen and oxygen atoms in total. The highest BCUT2D eigenvalue weighted by molar-refractivity contribution is 5.93. The Labute approximate surface area is 176 Å². The van der Waals surface area contributed by atoms with Gasteiger partial charge in [-0.3, -0.25) is 4.90 Å². The number of esters is 2. The molecule has 1 aromatic carbocycles. The van der Waals surface area contributed by atoms with E-state index < -0.39 is 29.2 Å². The van der Waals surface area contributed by atoms with Crippen molar-refractivity contribution in [1.29, 1.82) is 0 Å². The van der Waals surface area contributed by atoms with Crippen LogP contribution in [-0.4, -0.2) is 54.8 Å². The number of likely N-dealkylation sites (tertiary alicyclic amines) is 1. The van der Waals surface area contributed by atoms with Crippen molar-refractivity contribution in [2.24, 2.45) is 5.92 Å². The van der Waals surface area contributed by atoms with Crippen molar-refractivity contribution in [3.8, 4) is 11.5 Å². The molecule has 1 saturated heterocycles. The third-order valence-corrected chi connectivity index (χ3v) is 5.72. The number of ether oxygens (including phenoxy) is 4. The molecule has 1 aliphatic carbocycles. The zero-order valence-electron chi connectivity index (χ0n) is 18.1. The molecule has 1 amide bonds. The Morgan fingerprint density at radius 3 is 2.50 bits per heavy atom. The van der Waals surface area contributed by atoms with Crippen molar-refractivity contribution in [3.05, 3.63) is 23.8 Å². The highest BCUT2D eigenvalue weighted by atomic mass is 16.6. The van der Waals surface area contributed by atoms with E-state index in [9.17, 15) is 14.4 Å². The molecular weight excluding hydrogens is 390 g/mol. The molecule has 1 saturated carbocycles. The lowest BCUT2D eigenvalue weighted by Gasteiger charge is -2.37. The van der Waals surface area contributed by atoms with E-state index in [4.69, 9.17) is 18.9 Å². The van der Waals surface area contributed by atoms with Gasteiger partial charge in [0.2, 0.25) is 0 Å². The van der Waals surface area contributed by atoms with Crippen LogP contribution in [0.25, 0.3) is 0 Å². The van der Waals surface area contributed by atoms with Gasteiger partial charge in [0.05, 0.1) is 14.2 Å². The molecule has 0 N–H and O–H groups in total. The van der Waals surface area contributed by atoms with E-state index in [1.165, 1.54) is 37.3 Å². The number of fused-ring (bicyclic) bond motifs is 1. The number of hydrogen-bond acceptors (Lipinski definition) is 7. The van der Waals surface area contributed by atoms with Crippen molar-refractivity contribution in [2.75, 3.05) is 20.8 Å². The zero-order valence-corrected chi connectivity index (χ0v) is 18.1. The van der Waals surface area contributed by atoms with E-state index in [0.717, 1.165) is 19.3 Å². The molecule has 2 fully saturated rings. The lowest BCUT2D eigenvalue weighted by molar-refractivity contribution is -0.147. The number of benzene rings is 1. The Balaban J connectivity index is 1.86. The van der Waals surface area contributed by atoms with Crippen molar-refractivity contribution in [1.82, 2.24) is 4.90 Å². The van der Waals surface area contributed by atoms with Gasteiger partial charge in [-0.05, 0) is 58.1 Å². The molecule has 0 aromatic heterocycles. The summed E-state index contributed by atoms with van der Waals surface area (Å²) >= 11 is 0. The van der Waals surface area contributed by atoms with Crippen LogP contribution in [-0.2, 0) is 14.3 Å². The zero-order chi connectivity index (χ0) is 22.1. The fraction of sp³-hybridized carbons (Fsp3) is 0.591. The molecule has 8 heteroatoms. The van der Waals surface area contributed by atoms with E-state index in [-0.39, 0.29) is 23.0 Å². The molecule has 1 aliphatic heterocycles. The number of rotatable bonds is 4. The molecule has 0 bridgehead atoms. The van der Waals surface area contributed by atoms with Gasteiger partial charge in [-0.25, -0.2) is 14.4 Å². The Bertz CT molecular complexity index is 844. The molecular formula is C22H29NO7. The SMILES string of the molecule is COC(=O)c1ccc(OC(=O)C23CCCC2CCN3C(=O)OC(C)(C)C)cc1OC. The summed E-state index contributed by atoms with van der Waals surface area (Å²) in [6.07, 6.45) is 2.47. The van der Waals surface area contributed by atoms with Gasteiger partial charge < -0.3 is 18.9 Å². The van der Waals surface area contributed by atoms with Gasteiger partial charge >= 0.3 is 18.0 Å². The molecule has 2 unspecified atom stereocenters. The van der Waals surface area contributed by atoms with Crippen LogP contribution < -0.4 is 9.47 Å². The fourth-order valence-corrected chi connectivity index (χ4v) is 4.44. The Morgan fingerprint density at radius 2 is 1.87 bits per heavy atom. The summed E-state index contributed by atoms with van der Waals surface area (Å²) in [4.78, 5) is 39.6. The van der Waals surface area contributed by atoms with E-state index in [1.54, 1.807) is 20.8 Å². The summed E-state index contributed by atoms with van der Waals surface area (Å²) in [5.41, 5.74) is -1.46. The summed E-state index contributed by atoms with van der Waals surface area (Å²) in [6.45, 7) is 5.85. The van der Waals surface area contributed by atoms with Gasteiger partial charge in [0.1, 0.15) is 28.2 Å². The molecule has 0 radical (unpaired) electrons. The molecule has 3 rings (SSSR count). The molecule has 30 heavy (non-hydrogen) atoms. The molecule has 1 aromatic rings. The van der Waals surface area contributed by atoms with E-state index in [0.29, 0.717) is 13.0 Å². The van der Waals surface area contributed by atoms with Crippen LogP contribution in [0.15, 0.2) is 18.2 Å². The number of hydrogen-bond donors (Lipinski definition) is 0. The van der Waals surface area contributed by atoms with Crippen LogP contribution in [0.3, 0.4) is 0 Å². The minimum atomic E-state index is -1.03. The summed E-state index contributed by atoms with van der Waals surface area (Å²) in [7, 11) is 2.70. The first kappa shape index (κ1) is 21.9. The second kappa shape index (κ2) is 8.16.